The molecule has 3 aromatic rings. The lowest BCUT2D eigenvalue weighted by atomic mass is 9.93. The number of aryl methyl sites for hydroxylation is 2. The fourth-order valence-electron chi connectivity index (χ4n) is 3.85. The number of benzene rings is 1. The molecule has 2 aromatic heterocycles. The van der Waals surface area contributed by atoms with Crippen LogP contribution in [0.2, 0.25) is 0 Å². The number of hydrogen-bond acceptors (Lipinski definition) is 4. The predicted octanol–water partition coefficient (Wildman–Crippen LogP) is 4.77. The van der Waals surface area contributed by atoms with Gasteiger partial charge < -0.3 is 4.90 Å². The van der Waals surface area contributed by atoms with Gasteiger partial charge >= 0.3 is 0 Å². The molecule has 0 radical (unpaired) electrons. The number of pyridine rings is 1. The average molecular weight is 392 g/mol. The molecule has 4 rings (SSSR count). The van der Waals surface area contributed by atoms with Gasteiger partial charge in [-0.1, -0.05) is 29.8 Å². The number of rotatable bonds is 4. The molecule has 5 heteroatoms. The van der Waals surface area contributed by atoms with Crippen molar-refractivity contribution in [3.05, 3.63) is 69.8 Å². The highest BCUT2D eigenvalue weighted by atomic mass is 32.1. The van der Waals surface area contributed by atoms with Gasteiger partial charge in [0.15, 0.2) is 0 Å². The minimum Gasteiger partial charge on any atom is -0.342 e. The lowest BCUT2D eigenvalue weighted by molar-refractivity contribution is -0.131. The number of aromatic nitrogens is 2. The minimum atomic E-state index is 0.171. The Kier molecular flexibility index (Phi) is 5.53. The highest BCUT2D eigenvalue weighted by Crippen LogP contribution is 2.28. The van der Waals surface area contributed by atoms with Crippen molar-refractivity contribution < 1.29 is 4.79 Å². The van der Waals surface area contributed by atoms with Crippen LogP contribution in [0.4, 0.5) is 0 Å². The number of likely N-dealkylation sites (tertiary alicyclic amines) is 1. The van der Waals surface area contributed by atoms with Gasteiger partial charge in [-0.15, -0.1) is 11.3 Å². The summed E-state index contributed by atoms with van der Waals surface area (Å²) in [4.78, 5) is 24.1. The maximum Gasteiger partial charge on any atom is 0.228 e. The van der Waals surface area contributed by atoms with Gasteiger partial charge in [-0.3, -0.25) is 9.78 Å². The van der Waals surface area contributed by atoms with E-state index in [0.717, 1.165) is 53.6 Å². The second-order valence-electron chi connectivity index (χ2n) is 7.53. The third-order valence-electron chi connectivity index (χ3n) is 5.28. The van der Waals surface area contributed by atoms with Crippen LogP contribution in [0.25, 0.3) is 11.3 Å². The number of amides is 1. The smallest absolute Gasteiger partial charge is 0.228 e. The summed E-state index contributed by atoms with van der Waals surface area (Å²) in [5, 5.41) is 3.00. The first kappa shape index (κ1) is 18.8. The molecule has 0 aliphatic carbocycles. The van der Waals surface area contributed by atoms with E-state index in [-0.39, 0.29) is 5.91 Å². The monoisotopic (exact) mass is 391 g/mol. The molecule has 1 fully saturated rings. The topological polar surface area (TPSA) is 46.1 Å². The van der Waals surface area contributed by atoms with Crippen LogP contribution < -0.4 is 0 Å². The van der Waals surface area contributed by atoms with Crippen molar-refractivity contribution in [2.45, 2.75) is 39.0 Å². The van der Waals surface area contributed by atoms with Crippen LogP contribution in [0, 0.1) is 13.8 Å². The molecule has 1 saturated heterocycles. The van der Waals surface area contributed by atoms with E-state index >= 15 is 0 Å². The molecule has 0 unspecified atom stereocenters. The molecule has 1 aromatic carbocycles. The van der Waals surface area contributed by atoms with Gasteiger partial charge in [-0.25, -0.2) is 4.98 Å². The van der Waals surface area contributed by atoms with Gasteiger partial charge in [0, 0.05) is 35.6 Å². The summed E-state index contributed by atoms with van der Waals surface area (Å²) in [5.41, 5.74) is 5.35. The maximum atomic E-state index is 12.7. The summed E-state index contributed by atoms with van der Waals surface area (Å²) in [7, 11) is 0. The standard InChI is InChI=1S/C23H25N3OS/c1-16-6-3-7-18(12-16)21-9-4-10-22(25-21)19-8-5-11-26(14-19)23(27)13-20-15-28-17(2)24-20/h3-4,6-7,9-10,12,15,19H,5,8,11,13-14H2,1-2H3/t19-/m0/s1. The second kappa shape index (κ2) is 8.23. The highest BCUT2D eigenvalue weighted by Gasteiger charge is 2.26. The summed E-state index contributed by atoms with van der Waals surface area (Å²) in [6.45, 7) is 5.65. The lowest BCUT2D eigenvalue weighted by Crippen LogP contribution is -2.40. The molecule has 0 N–H and O–H groups in total. The van der Waals surface area contributed by atoms with Crippen molar-refractivity contribution in [2.75, 3.05) is 13.1 Å². The van der Waals surface area contributed by atoms with Gasteiger partial charge in [0.25, 0.3) is 0 Å². The van der Waals surface area contributed by atoms with E-state index in [4.69, 9.17) is 4.98 Å². The number of carbonyl (C=O) groups excluding carboxylic acids is 1. The summed E-state index contributed by atoms with van der Waals surface area (Å²) in [6, 6.07) is 14.7. The van der Waals surface area contributed by atoms with Crippen molar-refractivity contribution in [1.29, 1.82) is 0 Å². The molecule has 1 amide bonds. The van der Waals surface area contributed by atoms with Gasteiger partial charge in [0.2, 0.25) is 5.91 Å². The number of carbonyl (C=O) groups is 1. The predicted molar refractivity (Wildman–Crippen MR) is 114 cm³/mol. The SMILES string of the molecule is Cc1cccc(-c2cccc([C@H]3CCCN(C(=O)Cc4csc(C)n4)C3)n2)c1. The summed E-state index contributed by atoms with van der Waals surface area (Å²) >= 11 is 1.60. The fraction of sp³-hybridized carbons (Fsp3) is 0.348. The highest BCUT2D eigenvalue weighted by molar-refractivity contribution is 7.09. The molecular formula is C23H25N3OS. The normalized spacial score (nSPS) is 16.9. The van der Waals surface area contributed by atoms with Crippen LogP contribution in [0.15, 0.2) is 47.8 Å². The third-order valence-corrected chi connectivity index (χ3v) is 6.10. The van der Waals surface area contributed by atoms with Crippen LogP contribution in [-0.4, -0.2) is 33.9 Å². The van der Waals surface area contributed by atoms with Crippen LogP contribution in [-0.2, 0) is 11.2 Å². The van der Waals surface area contributed by atoms with Crippen LogP contribution in [0.1, 0.15) is 40.7 Å². The molecule has 0 bridgehead atoms. The van der Waals surface area contributed by atoms with Crippen molar-refractivity contribution in [3.63, 3.8) is 0 Å². The van der Waals surface area contributed by atoms with E-state index in [2.05, 4.69) is 54.4 Å². The zero-order chi connectivity index (χ0) is 19.5. The van der Waals surface area contributed by atoms with Crippen molar-refractivity contribution >= 4 is 17.2 Å². The number of nitrogens with zero attached hydrogens (tertiary/aromatic N) is 3. The van der Waals surface area contributed by atoms with E-state index in [1.54, 1.807) is 11.3 Å². The van der Waals surface area contributed by atoms with Crippen molar-refractivity contribution in [2.24, 2.45) is 0 Å². The summed E-state index contributed by atoms with van der Waals surface area (Å²) in [5.74, 6) is 0.462. The van der Waals surface area contributed by atoms with Gasteiger partial charge in [0.05, 0.1) is 22.8 Å². The molecular weight excluding hydrogens is 366 g/mol. The van der Waals surface area contributed by atoms with Gasteiger partial charge in [-0.05, 0) is 44.9 Å². The largest absolute Gasteiger partial charge is 0.342 e. The molecule has 1 aliphatic heterocycles. The number of thiazole rings is 1. The molecule has 0 saturated carbocycles. The van der Waals surface area contributed by atoms with Crippen LogP contribution >= 0.6 is 11.3 Å². The molecule has 0 spiro atoms. The van der Waals surface area contributed by atoms with E-state index in [0.29, 0.717) is 12.3 Å². The Labute approximate surface area is 170 Å². The molecule has 1 aliphatic rings. The molecule has 4 nitrogen and oxygen atoms in total. The Balaban J connectivity index is 1.48. The number of hydrogen-bond donors (Lipinski definition) is 0. The Bertz CT molecular complexity index is 981. The first-order valence-electron chi connectivity index (χ1n) is 9.81. The first-order chi connectivity index (χ1) is 13.6. The van der Waals surface area contributed by atoms with Gasteiger partial charge in [0.1, 0.15) is 0 Å². The third kappa shape index (κ3) is 4.30. The summed E-state index contributed by atoms with van der Waals surface area (Å²) in [6.07, 6.45) is 2.49. The van der Waals surface area contributed by atoms with E-state index in [9.17, 15) is 4.79 Å². The van der Waals surface area contributed by atoms with Crippen LogP contribution in [0.3, 0.4) is 0 Å². The van der Waals surface area contributed by atoms with E-state index < -0.39 is 0 Å². The zero-order valence-electron chi connectivity index (χ0n) is 16.4. The molecule has 1 atom stereocenters. The Morgan fingerprint density at radius 2 is 2.04 bits per heavy atom. The molecule has 144 valence electrons. The fourth-order valence-corrected chi connectivity index (χ4v) is 4.46. The van der Waals surface area contributed by atoms with E-state index in [1.165, 1.54) is 5.56 Å². The quantitative estimate of drug-likeness (QED) is 0.643. The molecule has 28 heavy (non-hydrogen) atoms. The second-order valence-corrected chi connectivity index (χ2v) is 8.59. The van der Waals surface area contributed by atoms with Crippen molar-refractivity contribution in [1.82, 2.24) is 14.9 Å². The Morgan fingerprint density at radius 3 is 2.82 bits per heavy atom. The Hall–Kier alpha value is -2.53. The van der Waals surface area contributed by atoms with E-state index in [1.807, 2.05) is 17.2 Å². The molecule has 3 heterocycles. The minimum absolute atomic E-state index is 0.171. The maximum absolute atomic E-state index is 12.7. The average Bonchev–Trinajstić information content (AvgIpc) is 3.13. The van der Waals surface area contributed by atoms with Gasteiger partial charge in [-0.2, -0.15) is 0 Å². The summed E-state index contributed by atoms with van der Waals surface area (Å²) < 4.78 is 0. The van der Waals surface area contributed by atoms with Crippen molar-refractivity contribution in [3.8, 4) is 11.3 Å². The van der Waals surface area contributed by atoms with Crippen LogP contribution in [0.5, 0.6) is 0 Å². The first-order valence-corrected chi connectivity index (χ1v) is 10.7. The number of piperidine rings is 1. The zero-order valence-corrected chi connectivity index (χ0v) is 17.2. The Morgan fingerprint density at radius 1 is 1.18 bits per heavy atom. The lowest BCUT2D eigenvalue weighted by Gasteiger charge is -2.32.